The van der Waals surface area contributed by atoms with Gasteiger partial charge in [-0.15, -0.1) is 11.3 Å². The lowest BCUT2D eigenvalue weighted by Crippen LogP contribution is -2.44. The second-order valence-corrected chi connectivity index (χ2v) is 10.4. The number of hydrogen-bond donors (Lipinski definition) is 2. The maximum absolute atomic E-state index is 12.7. The van der Waals surface area contributed by atoms with Gasteiger partial charge in [0, 0.05) is 37.3 Å². The smallest absolute Gasteiger partial charge is 0.243 e. The van der Waals surface area contributed by atoms with E-state index in [1.807, 2.05) is 26.1 Å². The molecule has 9 heteroatoms. The van der Waals surface area contributed by atoms with E-state index < -0.39 is 10.0 Å². The summed E-state index contributed by atoms with van der Waals surface area (Å²) in [6.07, 6.45) is 3.54. The number of aliphatic imine (C=N–C) groups is 1. The van der Waals surface area contributed by atoms with Crippen molar-refractivity contribution in [3.63, 3.8) is 0 Å². The number of guanidine groups is 1. The molecular formula is C20H29N5O2S2. The zero-order valence-corrected chi connectivity index (χ0v) is 18.6. The molecule has 2 aromatic rings. The quantitative estimate of drug-likeness (QED) is 0.516. The molecule has 2 heterocycles. The third-order valence-electron chi connectivity index (χ3n) is 4.90. The monoisotopic (exact) mass is 435 g/mol. The summed E-state index contributed by atoms with van der Waals surface area (Å²) in [5, 5.41) is 7.66. The molecule has 0 atom stereocenters. The van der Waals surface area contributed by atoms with Crippen LogP contribution >= 0.6 is 11.3 Å². The lowest BCUT2D eigenvalue weighted by Gasteiger charge is -2.31. The van der Waals surface area contributed by atoms with Crippen LogP contribution in [-0.4, -0.2) is 49.8 Å². The van der Waals surface area contributed by atoms with Gasteiger partial charge in [0.15, 0.2) is 5.96 Å². The SMILES string of the molecule is CCNC(=NCc1ncc(C)s1)NCC1CCN(S(=O)(=O)c2ccccc2)CC1. The van der Waals surface area contributed by atoms with Crippen LogP contribution in [0.2, 0.25) is 0 Å². The molecule has 0 aliphatic carbocycles. The number of piperidine rings is 1. The highest BCUT2D eigenvalue weighted by Crippen LogP contribution is 2.23. The van der Waals surface area contributed by atoms with E-state index in [1.54, 1.807) is 39.9 Å². The van der Waals surface area contributed by atoms with E-state index in [0.29, 0.717) is 30.4 Å². The van der Waals surface area contributed by atoms with Gasteiger partial charge >= 0.3 is 0 Å². The summed E-state index contributed by atoms with van der Waals surface area (Å²) in [6.45, 7) is 7.31. The molecule has 0 spiro atoms. The summed E-state index contributed by atoms with van der Waals surface area (Å²) in [5.74, 6) is 1.20. The number of benzene rings is 1. The minimum Gasteiger partial charge on any atom is -0.357 e. The van der Waals surface area contributed by atoms with Crippen molar-refractivity contribution in [2.45, 2.75) is 38.1 Å². The van der Waals surface area contributed by atoms with Gasteiger partial charge < -0.3 is 10.6 Å². The van der Waals surface area contributed by atoms with E-state index in [0.717, 1.165) is 36.9 Å². The van der Waals surface area contributed by atoms with E-state index in [4.69, 9.17) is 0 Å². The topological polar surface area (TPSA) is 86.7 Å². The maximum atomic E-state index is 12.7. The molecule has 0 unspecified atom stereocenters. The fourth-order valence-electron chi connectivity index (χ4n) is 3.30. The van der Waals surface area contributed by atoms with Gasteiger partial charge in [-0.1, -0.05) is 18.2 Å². The molecule has 3 rings (SSSR count). The van der Waals surface area contributed by atoms with Gasteiger partial charge in [0.25, 0.3) is 0 Å². The van der Waals surface area contributed by atoms with Crippen LogP contribution < -0.4 is 10.6 Å². The van der Waals surface area contributed by atoms with Crippen LogP contribution in [0.15, 0.2) is 46.4 Å². The second kappa shape index (κ2) is 10.2. The van der Waals surface area contributed by atoms with Crippen LogP contribution in [-0.2, 0) is 16.6 Å². The van der Waals surface area contributed by atoms with Crippen molar-refractivity contribution in [1.82, 2.24) is 19.9 Å². The predicted octanol–water partition coefficient (Wildman–Crippen LogP) is 2.61. The van der Waals surface area contributed by atoms with Crippen molar-refractivity contribution in [3.8, 4) is 0 Å². The van der Waals surface area contributed by atoms with E-state index in [2.05, 4.69) is 20.6 Å². The number of rotatable bonds is 7. The van der Waals surface area contributed by atoms with Crippen LogP contribution in [0.5, 0.6) is 0 Å². The average molecular weight is 436 g/mol. The Bertz CT molecular complexity index is 904. The summed E-state index contributed by atoms with van der Waals surface area (Å²) in [6, 6.07) is 8.67. The second-order valence-electron chi connectivity index (χ2n) is 7.10. The lowest BCUT2D eigenvalue weighted by atomic mass is 9.98. The number of nitrogens with zero attached hydrogens (tertiary/aromatic N) is 3. The number of hydrogen-bond acceptors (Lipinski definition) is 5. The van der Waals surface area contributed by atoms with Crippen molar-refractivity contribution in [2.24, 2.45) is 10.9 Å². The summed E-state index contributed by atoms with van der Waals surface area (Å²) in [5.41, 5.74) is 0. The highest BCUT2D eigenvalue weighted by Gasteiger charge is 2.29. The Hall–Kier alpha value is -1.97. The van der Waals surface area contributed by atoms with Crippen molar-refractivity contribution < 1.29 is 8.42 Å². The fourth-order valence-corrected chi connectivity index (χ4v) is 5.50. The Kier molecular flexibility index (Phi) is 7.63. The Morgan fingerprint density at radius 1 is 1.24 bits per heavy atom. The molecule has 0 radical (unpaired) electrons. The van der Waals surface area contributed by atoms with Crippen molar-refractivity contribution in [3.05, 3.63) is 46.4 Å². The zero-order valence-electron chi connectivity index (χ0n) is 17.0. The molecule has 29 heavy (non-hydrogen) atoms. The van der Waals surface area contributed by atoms with E-state index >= 15 is 0 Å². The Balaban J connectivity index is 1.50. The number of thiazole rings is 1. The molecule has 0 bridgehead atoms. The Labute approximate surface area is 177 Å². The molecule has 1 aliphatic heterocycles. The highest BCUT2D eigenvalue weighted by molar-refractivity contribution is 7.89. The molecular weight excluding hydrogens is 406 g/mol. The minimum atomic E-state index is -3.39. The summed E-state index contributed by atoms with van der Waals surface area (Å²) in [4.78, 5) is 10.5. The molecule has 1 fully saturated rings. The Morgan fingerprint density at radius 3 is 2.59 bits per heavy atom. The van der Waals surface area contributed by atoms with Crippen molar-refractivity contribution in [1.29, 1.82) is 0 Å². The van der Waals surface area contributed by atoms with Crippen LogP contribution in [0.4, 0.5) is 0 Å². The molecule has 1 aromatic carbocycles. The van der Waals surface area contributed by atoms with Crippen LogP contribution in [0, 0.1) is 12.8 Å². The van der Waals surface area contributed by atoms with Crippen molar-refractivity contribution >= 4 is 27.3 Å². The molecule has 1 saturated heterocycles. The van der Waals surface area contributed by atoms with Gasteiger partial charge in [-0.3, -0.25) is 0 Å². The molecule has 2 N–H and O–H groups in total. The molecule has 158 valence electrons. The van der Waals surface area contributed by atoms with Gasteiger partial charge in [0.1, 0.15) is 5.01 Å². The first-order chi connectivity index (χ1) is 14.0. The normalized spacial score (nSPS) is 16.7. The van der Waals surface area contributed by atoms with Crippen molar-refractivity contribution in [2.75, 3.05) is 26.2 Å². The summed E-state index contributed by atoms with van der Waals surface area (Å²) >= 11 is 1.66. The highest BCUT2D eigenvalue weighted by atomic mass is 32.2. The Morgan fingerprint density at radius 2 is 1.97 bits per heavy atom. The van der Waals surface area contributed by atoms with Gasteiger partial charge in [0.2, 0.25) is 10.0 Å². The first kappa shape index (κ1) is 21.7. The number of aryl methyl sites for hydroxylation is 1. The van der Waals surface area contributed by atoms with Crippen LogP contribution in [0.1, 0.15) is 29.7 Å². The summed E-state index contributed by atoms with van der Waals surface area (Å²) in [7, 11) is -3.39. The van der Waals surface area contributed by atoms with Gasteiger partial charge in [-0.2, -0.15) is 4.31 Å². The van der Waals surface area contributed by atoms with E-state index in [1.165, 1.54) is 4.88 Å². The molecule has 1 aromatic heterocycles. The number of sulfonamides is 1. The predicted molar refractivity (Wildman–Crippen MR) is 118 cm³/mol. The lowest BCUT2D eigenvalue weighted by molar-refractivity contribution is 0.273. The van der Waals surface area contributed by atoms with Crippen LogP contribution in [0.25, 0.3) is 0 Å². The van der Waals surface area contributed by atoms with Gasteiger partial charge in [-0.05, 0) is 44.7 Å². The third kappa shape index (κ3) is 6.01. The number of aromatic nitrogens is 1. The summed E-state index contributed by atoms with van der Waals surface area (Å²) < 4.78 is 27.1. The third-order valence-corrected chi connectivity index (χ3v) is 7.71. The van der Waals surface area contributed by atoms with Crippen LogP contribution in [0.3, 0.4) is 0 Å². The van der Waals surface area contributed by atoms with E-state index in [-0.39, 0.29) is 0 Å². The van der Waals surface area contributed by atoms with E-state index in [9.17, 15) is 8.42 Å². The minimum absolute atomic E-state index is 0.371. The standard InChI is InChI=1S/C20H29N5O2S2/c1-3-21-20(24-15-19-22-13-16(2)28-19)23-14-17-9-11-25(12-10-17)29(26,27)18-7-5-4-6-8-18/h4-8,13,17H,3,9-12,14-15H2,1-2H3,(H2,21,23,24). The fraction of sp³-hybridized carbons (Fsp3) is 0.500. The zero-order chi connectivity index (χ0) is 20.7. The maximum Gasteiger partial charge on any atom is 0.243 e. The molecule has 1 aliphatic rings. The molecule has 7 nitrogen and oxygen atoms in total. The molecule has 0 saturated carbocycles. The first-order valence-electron chi connectivity index (χ1n) is 9.97. The first-order valence-corrected chi connectivity index (χ1v) is 12.2. The largest absolute Gasteiger partial charge is 0.357 e. The number of nitrogens with one attached hydrogen (secondary N) is 2. The molecule has 0 amide bonds. The van der Waals surface area contributed by atoms with Gasteiger partial charge in [-0.25, -0.2) is 18.4 Å². The van der Waals surface area contributed by atoms with Gasteiger partial charge in [0.05, 0.1) is 11.4 Å². The average Bonchev–Trinajstić information content (AvgIpc) is 3.16.